The van der Waals surface area contributed by atoms with Gasteiger partial charge in [0, 0.05) is 24.9 Å². The summed E-state index contributed by atoms with van der Waals surface area (Å²) in [5.41, 5.74) is 0.574. The normalized spacial score (nSPS) is 11.6. The molecule has 0 aliphatic rings. The maximum atomic E-state index is 9.30. The van der Waals surface area contributed by atoms with Gasteiger partial charge in [-0.05, 0) is 12.8 Å². The smallest absolute Gasteiger partial charge is 0.185 e. The van der Waals surface area contributed by atoms with Gasteiger partial charge in [0.05, 0.1) is 26.6 Å². The Morgan fingerprint density at radius 1 is 1.21 bits per heavy atom. The summed E-state index contributed by atoms with van der Waals surface area (Å²) in [6.45, 7) is 2.27. The van der Waals surface area contributed by atoms with E-state index in [1.54, 1.807) is 26.5 Å². The highest BCUT2D eigenvalue weighted by Gasteiger charge is 2.16. The molecule has 9 nitrogen and oxygen atoms in total. The molecule has 9 heteroatoms. The van der Waals surface area contributed by atoms with Gasteiger partial charge in [-0.3, -0.25) is 4.98 Å². The third kappa shape index (κ3) is 5.53. The Hall–Kier alpha value is -2.94. The molecule has 1 atom stereocenters. The molecule has 0 saturated heterocycles. The molecule has 0 unspecified atom stereocenters. The summed E-state index contributed by atoms with van der Waals surface area (Å²) in [4.78, 5) is 12.7. The van der Waals surface area contributed by atoms with Gasteiger partial charge in [-0.2, -0.15) is 0 Å². The Morgan fingerprint density at radius 3 is 2.68 bits per heavy atom. The van der Waals surface area contributed by atoms with Crippen LogP contribution in [-0.2, 0) is 6.61 Å². The van der Waals surface area contributed by atoms with Crippen molar-refractivity contribution >= 4 is 12.0 Å². The Labute approximate surface area is 164 Å². The fraction of sp³-hybridized carbons (Fsp3) is 0.474. The summed E-state index contributed by atoms with van der Waals surface area (Å²) in [7, 11) is 3.10. The average molecular weight is 389 g/mol. The summed E-state index contributed by atoms with van der Waals surface area (Å²) in [5.74, 6) is 2.24. The molecule has 0 aliphatic carbocycles. The maximum absolute atomic E-state index is 9.30. The molecule has 152 valence electrons. The van der Waals surface area contributed by atoms with Crippen molar-refractivity contribution in [2.75, 3.05) is 26.1 Å². The third-order valence-corrected chi connectivity index (χ3v) is 4.09. The first-order chi connectivity index (χ1) is 13.7. The number of aliphatic hydroxyl groups excluding tert-OH is 1. The first-order valence-electron chi connectivity index (χ1n) is 9.10. The lowest BCUT2D eigenvalue weighted by Gasteiger charge is -2.20. The van der Waals surface area contributed by atoms with E-state index in [0.29, 0.717) is 35.2 Å². The summed E-state index contributed by atoms with van der Waals surface area (Å²) < 4.78 is 16.6. The van der Waals surface area contributed by atoms with Crippen LogP contribution in [0.3, 0.4) is 0 Å². The van der Waals surface area contributed by atoms with E-state index in [0.717, 1.165) is 19.1 Å². The molecule has 0 fully saturated rings. The number of hydrogen-bond donors (Lipinski definition) is 3. The Balaban J connectivity index is 2.24. The molecule has 28 heavy (non-hydrogen) atoms. The van der Waals surface area contributed by atoms with Crippen LogP contribution in [0, 0.1) is 5.41 Å². The molecule has 2 rings (SSSR count). The zero-order valence-electron chi connectivity index (χ0n) is 16.4. The SMILES string of the molecule is CCC[C@@H](CCO)Nc1nc(C=N)ncc1OCc1nccc(OC)c1OC. The molecular weight excluding hydrogens is 362 g/mol. The van der Waals surface area contributed by atoms with Gasteiger partial charge in [0.25, 0.3) is 0 Å². The second-order valence-electron chi connectivity index (χ2n) is 6.01. The van der Waals surface area contributed by atoms with Gasteiger partial charge in [0.1, 0.15) is 12.3 Å². The summed E-state index contributed by atoms with van der Waals surface area (Å²) >= 11 is 0. The van der Waals surface area contributed by atoms with E-state index in [9.17, 15) is 5.11 Å². The van der Waals surface area contributed by atoms with Crippen molar-refractivity contribution in [2.24, 2.45) is 0 Å². The van der Waals surface area contributed by atoms with Gasteiger partial charge in [0.2, 0.25) is 0 Å². The van der Waals surface area contributed by atoms with Crippen molar-refractivity contribution in [3.05, 3.63) is 30.0 Å². The first-order valence-corrected chi connectivity index (χ1v) is 9.10. The van der Waals surface area contributed by atoms with E-state index < -0.39 is 0 Å². The molecule has 0 aliphatic heterocycles. The van der Waals surface area contributed by atoms with Crippen LogP contribution in [0.1, 0.15) is 37.7 Å². The highest BCUT2D eigenvalue weighted by molar-refractivity contribution is 5.72. The van der Waals surface area contributed by atoms with Crippen LogP contribution in [0.4, 0.5) is 5.82 Å². The minimum absolute atomic E-state index is 0.0373. The first kappa shape index (κ1) is 21.4. The predicted molar refractivity (Wildman–Crippen MR) is 106 cm³/mol. The summed E-state index contributed by atoms with van der Waals surface area (Å²) in [5, 5.41) is 20.0. The molecule has 2 heterocycles. The van der Waals surface area contributed by atoms with Crippen LogP contribution < -0.4 is 19.5 Å². The van der Waals surface area contributed by atoms with E-state index in [1.807, 2.05) is 0 Å². The van der Waals surface area contributed by atoms with Crippen molar-refractivity contribution < 1.29 is 19.3 Å². The third-order valence-electron chi connectivity index (χ3n) is 4.09. The largest absolute Gasteiger partial charge is 0.493 e. The average Bonchev–Trinajstić information content (AvgIpc) is 2.72. The van der Waals surface area contributed by atoms with Crippen LogP contribution in [0.15, 0.2) is 18.5 Å². The fourth-order valence-corrected chi connectivity index (χ4v) is 2.75. The minimum Gasteiger partial charge on any atom is -0.493 e. The van der Waals surface area contributed by atoms with Gasteiger partial charge in [-0.15, -0.1) is 0 Å². The number of nitrogens with one attached hydrogen (secondary N) is 2. The molecule has 0 radical (unpaired) electrons. The molecule has 2 aromatic heterocycles. The van der Waals surface area contributed by atoms with Gasteiger partial charge >= 0.3 is 0 Å². The topological polar surface area (TPSA) is 122 Å². The second kappa shape index (κ2) is 11.0. The quantitative estimate of drug-likeness (QED) is 0.473. The van der Waals surface area contributed by atoms with Crippen molar-refractivity contribution in [1.29, 1.82) is 5.41 Å². The number of nitrogens with zero attached hydrogens (tertiary/aromatic N) is 3. The highest BCUT2D eigenvalue weighted by atomic mass is 16.5. The zero-order chi connectivity index (χ0) is 20.4. The zero-order valence-corrected chi connectivity index (χ0v) is 16.4. The van der Waals surface area contributed by atoms with Gasteiger partial charge in [-0.1, -0.05) is 13.3 Å². The number of ether oxygens (including phenoxy) is 3. The molecule has 0 amide bonds. The van der Waals surface area contributed by atoms with Crippen molar-refractivity contribution in [2.45, 2.75) is 38.8 Å². The second-order valence-corrected chi connectivity index (χ2v) is 6.01. The van der Waals surface area contributed by atoms with E-state index >= 15 is 0 Å². The standard InChI is InChI=1S/C19H27N5O4/c1-4-5-13(7-9-25)23-19-16(11-22-17(10-20)24-19)28-12-14-18(27-3)15(26-2)6-8-21-14/h6,8,10-11,13,20,25H,4-5,7,9,12H2,1-3H3,(H,22,23,24)/t13-/m0/s1. The number of anilines is 1. The fourth-order valence-electron chi connectivity index (χ4n) is 2.75. The molecule has 0 aromatic carbocycles. The van der Waals surface area contributed by atoms with E-state index in [-0.39, 0.29) is 25.1 Å². The minimum atomic E-state index is 0.0373. The number of aromatic nitrogens is 3. The monoisotopic (exact) mass is 389 g/mol. The van der Waals surface area contributed by atoms with Gasteiger partial charge < -0.3 is 30.0 Å². The van der Waals surface area contributed by atoms with Crippen molar-refractivity contribution in [1.82, 2.24) is 15.0 Å². The van der Waals surface area contributed by atoms with Gasteiger partial charge in [-0.25, -0.2) is 9.97 Å². The lowest BCUT2D eigenvalue weighted by Crippen LogP contribution is -2.22. The highest BCUT2D eigenvalue weighted by Crippen LogP contribution is 2.31. The number of aliphatic hydroxyl groups is 1. The molecule has 0 spiro atoms. The lowest BCUT2D eigenvalue weighted by atomic mass is 10.1. The summed E-state index contributed by atoms with van der Waals surface area (Å²) in [6.07, 6.45) is 6.62. The Bertz CT molecular complexity index is 766. The maximum Gasteiger partial charge on any atom is 0.185 e. The Morgan fingerprint density at radius 2 is 2.04 bits per heavy atom. The summed E-state index contributed by atoms with van der Waals surface area (Å²) in [6, 6.07) is 1.75. The number of rotatable bonds is 12. The predicted octanol–water partition coefficient (Wildman–Crippen LogP) is 2.43. The van der Waals surface area contributed by atoms with Gasteiger partial charge in [0.15, 0.2) is 28.9 Å². The van der Waals surface area contributed by atoms with Crippen molar-refractivity contribution in [3.63, 3.8) is 0 Å². The molecule has 0 bridgehead atoms. The van der Waals surface area contributed by atoms with E-state index in [1.165, 1.54) is 6.20 Å². The molecular formula is C19H27N5O4. The lowest BCUT2D eigenvalue weighted by molar-refractivity contribution is 0.274. The molecule has 3 N–H and O–H groups in total. The number of methoxy groups -OCH3 is 2. The van der Waals surface area contributed by atoms with Crippen LogP contribution in [0.5, 0.6) is 17.2 Å². The van der Waals surface area contributed by atoms with E-state index in [4.69, 9.17) is 19.6 Å². The Kier molecular flexibility index (Phi) is 8.41. The van der Waals surface area contributed by atoms with Crippen LogP contribution in [-0.4, -0.2) is 53.1 Å². The number of hydrogen-bond acceptors (Lipinski definition) is 9. The number of pyridine rings is 1. The van der Waals surface area contributed by atoms with Crippen LogP contribution in [0.25, 0.3) is 0 Å². The molecule has 2 aromatic rings. The van der Waals surface area contributed by atoms with Crippen molar-refractivity contribution in [3.8, 4) is 17.2 Å². The van der Waals surface area contributed by atoms with Crippen LogP contribution in [0.2, 0.25) is 0 Å². The van der Waals surface area contributed by atoms with Crippen LogP contribution >= 0.6 is 0 Å². The van der Waals surface area contributed by atoms with E-state index in [2.05, 4.69) is 27.2 Å². The molecule has 0 saturated carbocycles.